The van der Waals surface area contributed by atoms with Crippen LogP contribution in [0.25, 0.3) is 22.3 Å². The first-order valence-corrected chi connectivity index (χ1v) is 10.2. The number of carbonyl (C=O) groups is 1. The number of fused-ring (bicyclic) bond motifs is 1. The number of hydrogen-bond donors (Lipinski definition) is 2. The van der Waals surface area contributed by atoms with Crippen LogP contribution in [0, 0.1) is 0 Å². The lowest BCUT2D eigenvalue weighted by Gasteiger charge is -2.22. The van der Waals surface area contributed by atoms with Gasteiger partial charge in [-0.2, -0.15) is 0 Å². The highest BCUT2D eigenvalue weighted by Gasteiger charge is 2.18. The molecule has 1 amide bonds. The van der Waals surface area contributed by atoms with Crippen LogP contribution in [0.1, 0.15) is 51.2 Å². The van der Waals surface area contributed by atoms with Crippen molar-refractivity contribution in [1.29, 1.82) is 0 Å². The molecule has 160 valence electrons. The van der Waals surface area contributed by atoms with Crippen molar-refractivity contribution in [2.45, 2.75) is 51.4 Å². The lowest BCUT2D eigenvalue weighted by atomic mass is 10.0. The minimum Gasteiger partial charge on any atom is -0.456 e. The van der Waals surface area contributed by atoms with E-state index in [1.54, 1.807) is 13.8 Å². The molecule has 1 heterocycles. The standard InChI is InChI=1S/C24H29NO5/c1-24(2,28-3)30-25-23(27)11-7-5-9-20(26)17-12-14-18(15-13-17)22-16-19-8-4-6-10-21(19)29-22/h4,6,8,10,12-16,20,26H,5,7,9,11H2,1-3H3,(H,25,27). The van der Waals surface area contributed by atoms with Crippen LogP contribution in [0.15, 0.2) is 59.0 Å². The Bertz CT molecular complexity index is 928. The van der Waals surface area contributed by atoms with Gasteiger partial charge in [0, 0.05) is 24.5 Å². The van der Waals surface area contributed by atoms with Crippen LogP contribution in [0.3, 0.4) is 0 Å². The number of hydrogen-bond acceptors (Lipinski definition) is 5. The molecule has 0 saturated heterocycles. The number of carbonyl (C=O) groups excluding carboxylic acids is 1. The molecule has 1 aromatic heterocycles. The molecule has 0 aliphatic heterocycles. The number of para-hydroxylation sites is 1. The number of ether oxygens (including phenoxy) is 1. The van der Waals surface area contributed by atoms with E-state index >= 15 is 0 Å². The third kappa shape index (κ3) is 5.92. The largest absolute Gasteiger partial charge is 0.456 e. The number of furan rings is 1. The number of rotatable bonds is 10. The van der Waals surface area contributed by atoms with Crippen LogP contribution in [0.4, 0.5) is 0 Å². The third-order valence-corrected chi connectivity index (χ3v) is 5.04. The van der Waals surface area contributed by atoms with Crippen LogP contribution in [0.5, 0.6) is 0 Å². The van der Waals surface area contributed by atoms with Crippen molar-refractivity contribution < 1.29 is 23.9 Å². The lowest BCUT2D eigenvalue weighted by Crippen LogP contribution is -2.37. The Morgan fingerprint density at radius 2 is 1.87 bits per heavy atom. The van der Waals surface area contributed by atoms with Crippen molar-refractivity contribution in [2.75, 3.05) is 7.11 Å². The van der Waals surface area contributed by atoms with Crippen LogP contribution < -0.4 is 5.48 Å². The molecule has 1 unspecified atom stereocenters. The molecule has 2 aromatic carbocycles. The summed E-state index contributed by atoms with van der Waals surface area (Å²) in [5.41, 5.74) is 5.07. The van der Waals surface area contributed by atoms with Crippen molar-refractivity contribution in [1.82, 2.24) is 5.48 Å². The van der Waals surface area contributed by atoms with Gasteiger partial charge in [-0.25, -0.2) is 10.3 Å². The Balaban J connectivity index is 1.44. The van der Waals surface area contributed by atoms with Gasteiger partial charge >= 0.3 is 0 Å². The number of benzene rings is 2. The molecule has 0 radical (unpaired) electrons. The van der Waals surface area contributed by atoms with E-state index in [1.165, 1.54) is 7.11 Å². The van der Waals surface area contributed by atoms with Crippen molar-refractivity contribution in [2.24, 2.45) is 0 Å². The van der Waals surface area contributed by atoms with Crippen LogP contribution in [-0.4, -0.2) is 23.9 Å². The smallest absolute Gasteiger partial charge is 0.243 e. The number of aliphatic hydroxyl groups is 1. The molecule has 1 atom stereocenters. The number of methoxy groups -OCH3 is 1. The first kappa shape index (κ1) is 22.0. The Morgan fingerprint density at radius 3 is 2.57 bits per heavy atom. The zero-order chi connectivity index (χ0) is 21.6. The summed E-state index contributed by atoms with van der Waals surface area (Å²) >= 11 is 0. The number of aliphatic hydroxyl groups excluding tert-OH is 1. The van der Waals surface area contributed by atoms with Gasteiger partial charge in [-0.05, 0) is 44.4 Å². The maximum atomic E-state index is 11.8. The summed E-state index contributed by atoms with van der Waals surface area (Å²) in [5.74, 6) is -0.257. The minimum absolute atomic E-state index is 0.204. The first-order chi connectivity index (χ1) is 14.4. The minimum atomic E-state index is -0.861. The van der Waals surface area contributed by atoms with Gasteiger partial charge in [-0.15, -0.1) is 0 Å². The van der Waals surface area contributed by atoms with E-state index in [4.69, 9.17) is 14.0 Å². The topological polar surface area (TPSA) is 80.9 Å². The Kier molecular flexibility index (Phi) is 7.26. The zero-order valence-electron chi connectivity index (χ0n) is 17.7. The van der Waals surface area contributed by atoms with Gasteiger partial charge < -0.3 is 14.3 Å². The van der Waals surface area contributed by atoms with Gasteiger partial charge in [0.2, 0.25) is 5.91 Å². The molecule has 6 heteroatoms. The molecular formula is C24H29NO5. The summed E-state index contributed by atoms with van der Waals surface area (Å²) in [6.07, 6.45) is 1.74. The van der Waals surface area contributed by atoms with Gasteiger partial charge in [0.25, 0.3) is 0 Å². The van der Waals surface area contributed by atoms with E-state index in [-0.39, 0.29) is 5.91 Å². The third-order valence-electron chi connectivity index (χ3n) is 5.04. The molecule has 0 aliphatic rings. The van der Waals surface area contributed by atoms with Crippen molar-refractivity contribution in [3.63, 3.8) is 0 Å². The van der Waals surface area contributed by atoms with E-state index in [9.17, 15) is 9.90 Å². The number of amides is 1. The maximum absolute atomic E-state index is 11.8. The molecule has 0 bridgehead atoms. The Hall–Kier alpha value is -2.67. The molecular weight excluding hydrogens is 382 g/mol. The van der Waals surface area contributed by atoms with Crippen LogP contribution in [0.2, 0.25) is 0 Å². The molecule has 0 saturated carbocycles. The summed E-state index contributed by atoms with van der Waals surface area (Å²) in [5, 5.41) is 11.5. The van der Waals surface area contributed by atoms with E-state index < -0.39 is 11.9 Å². The summed E-state index contributed by atoms with van der Waals surface area (Å²) in [6, 6.07) is 17.7. The molecule has 0 fully saturated rings. The quantitative estimate of drug-likeness (QED) is 0.275. The maximum Gasteiger partial charge on any atom is 0.243 e. The average molecular weight is 411 g/mol. The predicted molar refractivity (Wildman–Crippen MR) is 115 cm³/mol. The van der Waals surface area contributed by atoms with Gasteiger partial charge in [0.1, 0.15) is 11.3 Å². The highest BCUT2D eigenvalue weighted by molar-refractivity contribution is 5.82. The van der Waals surface area contributed by atoms with Gasteiger partial charge in [0.05, 0.1) is 6.10 Å². The fourth-order valence-corrected chi connectivity index (χ4v) is 3.06. The molecule has 2 N–H and O–H groups in total. The van der Waals surface area contributed by atoms with Gasteiger partial charge in [-0.1, -0.05) is 48.9 Å². The molecule has 3 rings (SSSR count). The van der Waals surface area contributed by atoms with Gasteiger partial charge in [-0.3, -0.25) is 4.79 Å². The van der Waals surface area contributed by atoms with E-state index in [0.717, 1.165) is 34.3 Å². The second kappa shape index (κ2) is 9.89. The molecule has 6 nitrogen and oxygen atoms in total. The fraction of sp³-hybridized carbons (Fsp3) is 0.375. The van der Waals surface area contributed by atoms with Crippen molar-refractivity contribution >= 4 is 16.9 Å². The Morgan fingerprint density at radius 1 is 1.13 bits per heavy atom. The first-order valence-electron chi connectivity index (χ1n) is 10.2. The summed E-state index contributed by atoms with van der Waals surface area (Å²) in [4.78, 5) is 17.0. The highest BCUT2D eigenvalue weighted by atomic mass is 16.8. The molecule has 0 aliphatic carbocycles. The van der Waals surface area contributed by atoms with E-state index in [0.29, 0.717) is 19.3 Å². The predicted octanol–water partition coefficient (Wildman–Crippen LogP) is 5.12. The average Bonchev–Trinajstić information content (AvgIpc) is 3.19. The zero-order valence-corrected chi connectivity index (χ0v) is 17.7. The second-order valence-electron chi connectivity index (χ2n) is 7.76. The number of hydroxylamine groups is 1. The lowest BCUT2D eigenvalue weighted by molar-refractivity contribution is -0.231. The van der Waals surface area contributed by atoms with Gasteiger partial charge in [0.15, 0.2) is 5.79 Å². The highest BCUT2D eigenvalue weighted by Crippen LogP contribution is 2.29. The van der Waals surface area contributed by atoms with E-state index in [2.05, 4.69) is 5.48 Å². The van der Waals surface area contributed by atoms with E-state index in [1.807, 2.05) is 54.6 Å². The SMILES string of the molecule is COC(C)(C)ONC(=O)CCCCC(O)c1ccc(-c2cc3ccccc3o2)cc1. The summed E-state index contributed by atoms with van der Waals surface area (Å²) in [6.45, 7) is 3.42. The normalized spacial score (nSPS) is 12.8. The van der Waals surface area contributed by atoms with Crippen molar-refractivity contribution in [3.05, 3.63) is 60.2 Å². The summed E-state index contributed by atoms with van der Waals surface area (Å²) < 4.78 is 11.0. The van der Waals surface area contributed by atoms with Crippen LogP contribution in [-0.2, 0) is 14.4 Å². The number of nitrogens with one attached hydrogen (secondary N) is 1. The molecule has 30 heavy (non-hydrogen) atoms. The Labute approximate surface area is 176 Å². The summed E-state index contributed by atoms with van der Waals surface area (Å²) in [7, 11) is 1.51. The fourth-order valence-electron chi connectivity index (χ4n) is 3.06. The monoisotopic (exact) mass is 411 g/mol. The second-order valence-corrected chi connectivity index (χ2v) is 7.76. The van der Waals surface area contributed by atoms with Crippen LogP contribution >= 0.6 is 0 Å². The van der Waals surface area contributed by atoms with Crippen molar-refractivity contribution in [3.8, 4) is 11.3 Å². The molecule has 0 spiro atoms. The number of unbranched alkanes of at least 4 members (excludes halogenated alkanes) is 1. The molecule has 3 aromatic rings.